The molecule has 0 saturated carbocycles. The van der Waals surface area contributed by atoms with Gasteiger partial charge in [0.25, 0.3) is 0 Å². The predicted molar refractivity (Wildman–Crippen MR) is 90.7 cm³/mol. The maximum absolute atomic E-state index is 5.52. The molecule has 3 heteroatoms. The summed E-state index contributed by atoms with van der Waals surface area (Å²) in [5.74, 6) is 0. The number of hydrogen-bond donors (Lipinski definition) is 1. The zero-order valence-corrected chi connectivity index (χ0v) is 12.4. The average molecular weight is 290 g/mol. The number of fused-ring (bicyclic) bond motifs is 2. The second-order valence-corrected chi connectivity index (χ2v) is 5.65. The molecule has 0 bridgehead atoms. The van der Waals surface area contributed by atoms with Crippen LogP contribution in [0.5, 0.6) is 0 Å². The van der Waals surface area contributed by atoms with Gasteiger partial charge in [0.1, 0.15) is 0 Å². The van der Waals surface area contributed by atoms with Crippen LogP contribution in [0.4, 0.5) is 0 Å². The Morgan fingerprint density at radius 2 is 1.71 bits per heavy atom. The number of para-hydroxylation sites is 1. The number of aromatic amines is 1. The maximum atomic E-state index is 5.52. The third-order valence-electron chi connectivity index (χ3n) is 3.90. The SMILES string of the molecule is Cc1cccc2[nH]c(=S)n(-c3ccc4ccccc4c3)c12. The second kappa shape index (κ2) is 4.57. The van der Waals surface area contributed by atoms with Crippen LogP contribution in [0.15, 0.2) is 60.7 Å². The van der Waals surface area contributed by atoms with Crippen LogP contribution in [0.1, 0.15) is 5.56 Å². The van der Waals surface area contributed by atoms with E-state index >= 15 is 0 Å². The van der Waals surface area contributed by atoms with E-state index in [-0.39, 0.29) is 0 Å². The van der Waals surface area contributed by atoms with Gasteiger partial charge in [-0.1, -0.05) is 42.5 Å². The van der Waals surface area contributed by atoms with E-state index in [4.69, 9.17) is 12.2 Å². The van der Waals surface area contributed by atoms with Gasteiger partial charge >= 0.3 is 0 Å². The molecule has 1 N–H and O–H groups in total. The van der Waals surface area contributed by atoms with Crippen LogP contribution in [-0.2, 0) is 0 Å². The van der Waals surface area contributed by atoms with Gasteiger partial charge in [-0.2, -0.15) is 0 Å². The van der Waals surface area contributed by atoms with E-state index in [1.807, 2.05) is 6.07 Å². The van der Waals surface area contributed by atoms with Crippen LogP contribution in [0.3, 0.4) is 0 Å². The highest BCUT2D eigenvalue weighted by Crippen LogP contribution is 2.25. The monoisotopic (exact) mass is 290 g/mol. The molecule has 0 saturated heterocycles. The molecule has 2 nitrogen and oxygen atoms in total. The Bertz CT molecular complexity index is 1020. The summed E-state index contributed by atoms with van der Waals surface area (Å²) in [5.41, 5.74) is 4.54. The van der Waals surface area contributed by atoms with Gasteiger partial charge in [-0.25, -0.2) is 0 Å². The van der Waals surface area contributed by atoms with Crippen molar-refractivity contribution in [1.82, 2.24) is 9.55 Å². The molecule has 1 heterocycles. The molecule has 4 rings (SSSR count). The Hall–Kier alpha value is -2.39. The first-order chi connectivity index (χ1) is 10.2. The minimum absolute atomic E-state index is 0.731. The molecule has 102 valence electrons. The first kappa shape index (κ1) is 12.4. The van der Waals surface area contributed by atoms with Crippen molar-refractivity contribution in [2.24, 2.45) is 0 Å². The van der Waals surface area contributed by atoms with Gasteiger partial charge in [-0.05, 0) is 53.7 Å². The third-order valence-corrected chi connectivity index (χ3v) is 4.18. The molecule has 1 aromatic heterocycles. The lowest BCUT2D eigenvalue weighted by Crippen LogP contribution is -1.95. The zero-order chi connectivity index (χ0) is 14.4. The standard InChI is InChI=1S/C18H14N2S/c1-12-5-4-8-16-17(12)20(18(21)19-16)15-10-9-13-6-2-3-7-14(13)11-15/h2-11H,1H3,(H,19,21). The van der Waals surface area contributed by atoms with E-state index in [1.165, 1.54) is 16.3 Å². The lowest BCUT2D eigenvalue weighted by atomic mass is 10.1. The number of aromatic nitrogens is 2. The van der Waals surface area contributed by atoms with Crippen molar-refractivity contribution >= 4 is 34.0 Å². The van der Waals surface area contributed by atoms with E-state index in [2.05, 4.69) is 71.1 Å². The van der Waals surface area contributed by atoms with Crippen molar-refractivity contribution in [3.63, 3.8) is 0 Å². The van der Waals surface area contributed by atoms with Gasteiger partial charge in [-0.15, -0.1) is 0 Å². The molecule has 0 amide bonds. The van der Waals surface area contributed by atoms with Crippen molar-refractivity contribution in [1.29, 1.82) is 0 Å². The molecule has 21 heavy (non-hydrogen) atoms. The summed E-state index contributed by atoms with van der Waals surface area (Å²) in [6, 6.07) is 21.1. The van der Waals surface area contributed by atoms with Crippen molar-refractivity contribution in [2.45, 2.75) is 6.92 Å². The Balaban J connectivity index is 2.08. The van der Waals surface area contributed by atoms with E-state index < -0.39 is 0 Å². The average Bonchev–Trinajstić information content (AvgIpc) is 2.84. The van der Waals surface area contributed by atoms with E-state index in [0.717, 1.165) is 21.5 Å². The molecule has 0 aliphatic heterocycles. The number of nitrogens with one attached hydrogen (secondary N) is 1. The summed E-state index contributed by atoms with van der Waals surface area (Å²) in [6.45, 7) is 2.11. The van der Waals surface area contributed by atoms with Crippen LogP contribution in [-0.4, -0.2) is 9.55 Å². The van der Waals surface area contributed by atoms with Crippen molar-refractivity contribution in [3.8, 4) is 5.69 Å². The Morgan fingerprint density at radius 3 is 2.57 bits per heavy atom. The summed E-state index contributed by atoms with van der Waals surface area (Å²) >= 11 is 5.52. The third kappa shape index (κ3) is 1.89. The number of hydrogen-bond acceptors (Lipinski definition) is 1. The van der Waals surface area contributed by atoms with Crippen LogP contribution in [0, 0.1) is 11.7 Å². The molecule has 0 aliphatic carbocycles. The fraction of sp³-hybridized carbons (Fsp3) is 0.0556. The van der Waals surface area contributed by atoms with Gasteiger partial charge in [0.2, 0.25) is 0 Å². The summed E-state index contributed by atoms with van der Waals surface area (Å²) in [5, 5.41) is 2.46. The van der Waals surface area contributed by atoms with Gasteiger partial charge in [0.15, 0.2) is 4.77 Å². The summed E-state index contributed by atoms with van der Waals surface area (Å²) in [4.78, 5) is 3.29. The molecule has 4 aromatic rings. The molecule has 3 aromatic carbocycles. The van der Waals surface area contributed by atoms with E-state index in [9.17, 15) is 0 Å². The molecule has 0 fully saturated rings. The molecule has 0 unspecified atom stereocenters. The predicted octanol–water partition coefficient (Wildman–Crippen LogP) is 5.15. The van der Waals surface area contributed by atoms with Crippen molar-refractivity contribution < 1.29 is 0 Å². The van der Waals surface area contributed by atoms with Crippen molar-refractivity contribution in [2.75, 3.05) is 0 Å². The summed E-state index contributed by atoms with van der Waals surface area (Å²) in [7, 11) is 0. The minimum Gasteiger partial charge on any atom is -0.330 e. The van der Waals surface area contributed by atoms with Crippen LogP contribution >= 0.6 is 12.2 Å². The van der Waals surface area contributed by atoms with Gasteiger partial charge in [0.05, 0.1) is 11.0 Å². The molecule has 0 radical (unpaired) electrons. The lowest BCUT2D eigenvalue weighted by Gasteiger charge is -2.08. The number of nitrogens with zero attached hydrogens (tertiary/aromatic N) is 1. The van der Waals surface area contributed by atoms with Crippen LogP contribution in [0.25, 0.3) is 27.5 Å². The van der Waals surface area contributed by atoms with Gasteiger partial charge in [-0.3, -0.25) is 4.57 Å². The van der Waals surface area contributed by atoms with Gasteiger partial charge < -0.3 is 4.98 Å². The fourth-order valence-electron chi connectivity index (χ4n) is 2.89. The number of H-pyrrole nitrogens is 1. The quantitative estimate of drug-likeness (QED) is 0.481. The smallest absolute Gasteiger partial charge is 0.182 e. The summed E-state index contributed by atoms with van der Waals surface area (Å²) in [6.07, 6.45) is 0. The zero-order valence-electron chi connectivity index (χ0n) is 11.6. The number of benzene rings is 3. The van der Waals surface area contributed by atoms with Crippen LogP contribution < -0.4 is 0 Å². The molecule has 0 aliphatic rings. The highest BCUT2D eigenvalue weighted by atomic mass is 32.1. The number of aryl methyl sites for hydroxylation is 1. The molecular formula is C18H14N2S. The highest BCUT2D eigenvalue weighted by Gasteiger charge is 2.09. The first-order valence-corrected chi connectivity index (χ1v) is 7.34. The first-order valence-electron chi connectivity index (χ1n) is 6.93. The van der Waals surface area contributed by atoms with Crippen molar-refractivity contribution in [3.05, 3.63) is 71.0 Å². The molecular weight excluding hydrogens is 276 g/mol. The summed E-state index contributed by atoms with van der Waals surface area (Å²) < 4.78 is 2.85. The highest BCUT2D eigenvalue weighted by molar-refractivity contribution is 7.71. The second-order valence-electron chi connectivity index (χ2n) is 5.27. The Kier molecular flexibility index (Phi) is 2.69. The Morgan fingerprint density at radius 1 is 0.905 bits per heavy atom. The molecule has 0 atom stereocenters. The topological polar surface area (TPSA) is 20.7 Å². The lowest BCUT2D eigenvalue weighted by molar-refractivity contribution is 1.06. The fourth-order valence-corrected chi connectivity index (χ4v) is 3.20. The van der Waals surface area contributed by atoms with E-state index in [0.29, 0.717) is 0 Å². The van der Waals surface area contributed by atoms with Crippen LogP contribution in [0.2, 0.25) is 0 Å². The molecule has 0 spiro atoms. The van der Waals surface area contributed by atoms with E-state index in [1.54, 1.807) is 0 Å². The maximum Gasteiger partial charge on any atom is 0.182 e. The van der Waals surface area contributed by atoms with Gasteiger partial charge in [0, 0.05) is 5.69 Å². The normalized spacial score (nSPS) is 11.3. The number of imidazole rings is 1. The Labute approximate surface area is 127 Å². The largest absolute Gasteiger partial charge is 0.330 e. The number of rotatable bonds is 1. The minimum atomic E-state index is 0.731.